The largest absolute Gasteiger partial charge is 0.484 e. The molecule has 0 aliphatic heterocycles. The van der Waals surface area contributed by atoms with Gasteiger partial charge >= 0.3 is 0 Å². The fraction of sp³-hybridized carbons (Fsp3) is 0.417. The predicted octanol–water partition coefficient (Wildman–Crippen LogP) is 1.22. The van der Waals surface area contributed by atoms with Crippen molar-refractivity contribution in [1.29, 1.82) is 0 Å². The van der Waals surface area contributed by atoms with Crippen molar-refractivity contribution in [3.8, 4) is 5.75 Å². The molecule has 0 aliphatic rings. The van der Waals surface area contributed by atoms with Crippen molar-refractivity contribution in [2.45, 2.75) is 13.0 Å². The number of hydrogen-bond donors (Lipinski definition) is 1. The van der Waals surface area contributed by atoms with Crippen molar-refractivity contribution in [2.24, 2.45) is 0 Å². The van der Waals surface area contributed by atoms with Gasteiger partial charge in [-0.25, -0.2) is 0 Å². The molecule has 1 amide bonds. The molecule has 0 aliphatic carbocycles. The van der Waals surface area contributed by atoms with Crippen LogP contribution in [0.5, 0.6) is 5.75 Å². The average Bonchev–Trinajstić information content (AvgIpc) is 2.28. The van der Waals surface area contributed by atoms with E-state index in [9.17, 15) is 4.79 Å². The van der Waals surface area contributed by atoms with Gasteiger partial charge in [-0.1, -0.05) is 18.2 Å². The summed E-state index contributed by atoms with van der Waals surface area (Å²) < 4.78 is 10.2. The third-order valence-electron chi connectivity index (χ3n) is 1.94. The van der Waals surface area contributed by atoms with Crippen LogP contribution in [0.2, 0.25) is 0 Å². The van der Waals surface area contributed by atoms with Crippen molar-refractivity contribution in [3.05, 3.63) is 30.3 Å². The SMILES string of the molecule is COCC(C)NC(=O)COc1ccccc1. The Labute approximate surface area is 95.6 Å². The quantitative estimate of drug-likeness (QED) is 0.788. The van der Waals surface area contributed by atoms with Crippen molar-refractivity contribution in [2.75, 3.05) is 20.3 Å². The molecule has 0 bridgehead atoms. The minimum Gasteiger partial charge on any atom is -0.484 e. The Morgan fingerprint density at radius 3 is 2.69 bits per heavy atom. The zero-order valence-corrected chi connectivity index (χ0v) is 9.60. The molecule has 16 heavy (non-hydrogen) atoms. The molecule has 4 heteroatoms. The standard InChI is InChI=1S/C12H17NO3/c1-10(8-15-2)13-12(14)9-16-11-6-4-3-5-7-11/h3-7,10H,8-9H2,1-2H3,(H,13,14). The zero-order valence-electron chi connectivity index (χ0n) is 9.60. The van der Waals surface area contributed by atoms with Crippen LogP contribution >= 0.6 is 0 Å². The Hall–Kier alpha value is -1.55. The molecule has 1 rings (SSSR count). The first kappa shape index (κ1) is 12.5. The second-order valence-electron chi connectivity index (χ2n) is 3.53. The van der Waals surface area contributed by atoms with Crippen LogP contribution in [0.15, 0.2) is 30.3 Å². The molecule has 0 spiro atoms. The first-order valence-electron chi connectivity index (χ1n) is 5.18. The van der Waals surface area contributed by atoms with Gasteiger partial charge in [0.15, 0.2) is 6.61 Å². The van der Waals surface area contributed by atoms with E-state index in [2.05, 4.69) is 5.32 Å². The van der Waals surface area contributed by atoms with E-state index in [1.165, 1.54) is 0 Å². The summed E-state index contributed by atoms with van der Waals surface area (Å²) in [6.45, 7) is 2.40. The first-order chi connectivity index (χ1) is 7.72. The molecule has 1 aromatic carbocycles. The molecule has 0 heterocycles. The van der Waals surface area contributed by atoms with Gasteiger partial charge in [0.1, 0.15) is 5.75 Å². The minimum absolute atomic E-state index is 0.00290. The van der Waals surface area contributed by atoms with Crippen LogP contribution in [0.4, 0.5) is 0 Å². The van der Waals surface area contributed by atoms with E-state index in [4.69, 9.17) is 9.47 Å². The van der Waals surface area contributed by atoms with E-state index in [-0.39, 0.29) is 18.6 Å². The van der Waals surface area contributed by atoms with E-state index >= 15 is 0 Å². The maximum atomic E-state index is 11.4. The number of methoxy groups -OCH3 is 1. The van der Waals surface area contributed by atoms with Crippen LogP contribution in [0, 0.1) is 0 Å². The Balaban J connectivity index is 2.25. The molecule has 0 fully saturated rings. The highest BCUT2D eigenvalue weighted by molar-refractivity contribution is 5.77. The Morgan fingerprint density at radius 2 is 2.06 bits per heavy atom. The summed E-state index contributed by atoms with van der Waals surface area (Å²) in [4.78, 5) is 11.4. The smallest absolute Gasteiger partial charge is 0.258 e. The van der Waals surface area contributed by atoms with Gasteiger partial charge in [0.05, 0.1) is 6.61 Å². The molecule has 1 atom stereocenters. The third-order valence-corrected chi connectivity index (χ3v) is 1.94. The molecule has 0 saturated carbocycles. The lowest BCUT2D eigenvalue weighted by molar-refractivity contribution is -0.124. The lowest BCUT2D eigenvalue weighted by Crippen LogP contribution is -2.38. The van der Waals surface area contributed by atoms with Crippen LogP contribution < -0.4 is 10.1 Å². The van der Waals surface area contributed by atoms with Crippen LogP contribution in [0.3, 0.4) is 0 Å². The van der Waals surface area contributed by atoms with E-state index in [0.29, 0.717) is 12.4 Å². The van der Waals surface area contributed by atoms with Gasteiger partial charge in [-0.2, -0.15) is 0 Å². The maximum Gasteiger partial charge on any atom is 0.258 e. The van der Waals surface area contributed by atoms with Crippen LogP contribution in [0.25, 0.3) is 0 Å². The van der Waals surface area contributed by atoms with Crippen LogP contribution in [0.1, 0.15) is 6.92 Å². The van der Waals surface area contributed by atoms with E-state index in [1.807, 2.05) is 37.3 Å². The number of ether oxygens (including phenoxy) is 2. The van der Waals surface area contributed by atoms with Gasteiger partial charge in [0.25, 0.3) is 5.91 Å². The lowest BCUT2D eigenvalue weighted by Gasteiger charge is -2.13. The van der Waals surface area contributed by atoms with Crippen molar-refractivity contribution in [1.82, 2.24) is 5.32 Å². The Kier molecular flexibility index (Phi) is 5.36. The van der Waals surface area contributed by atoms with Crippen LogP contribution in [-0.4, -0.2) is 32.3 Å². The third kappa shape index (κ3) is 4.79. The molecule has 88 valence electrons. The number of amides is 1. The fourth-order valence-electron chi connectivity index (χ4n) is 1.27. The maximum absolute atomic E-state index is 11.4. The second-order valence-corrected chi connectivity index (χ2v) is 3.53. The number of hydrogen-bond acceptors (Lipinski definition) is 3. The highest BCUT2D eigenvalue weighted by Gasteiger charge is 2.07. The summed E-state index contributed by atoms with van der Waals surface area (Å²) >= 11 is 0. The zero-order chi connectivity index (χ0) is 11.8. The number of carbonyl (C=O) groups excluding carboxylic acids is 1. The van der Waals surface area contributed by atoms with Gasteiger partial charge in [0.2, 0.25) is 0 Å². The Bertz CT molecular complexity index is 313. The van der Waals surface area contributed by atoms with Crippen molar-refractivity contribution in [3.63, 3.8) is 0 Å². The van der Waals surface area contributed by atoms with Gasteiger partial charge in [-0.05, 0) is 19.1 Å². The highest BCUT2D eigenvalue weighted by atomic mass is 16.5. The highest BCUT2D eigenvalue weighted by Crippen LogP contribution is 2.07. The predicted molar refractivity (Wildman–Crippen MR) is 61.4 cm³/mol. The minimum atomic E-state index is -0.145. The van der Waals surface area contributed by atoms with Gasteiger partial charge in [0, 0.05) is 13.2 Å². The Morgan fingerprint density at radius 1 is 1.38 bits per heavy atom. The summed E-state index contributed by atoms with van der Waals surface area (Å²) in [5.74, 6) is 0.547. The molecule has 1 unspecified atom stereocenters. The average molecular weight is 223 g/mol. The number of benzene rings is 1. The number of nitrogens with one attached hydrogen (secondary N) is 1. The molecule has 1 N–H and O–H groups in total. The van der Waals surface area contributed by atoms with E-state index < -0.39 is 0 Å². The van der Waals surface area contributed by atoms with Crippen LogP contribution in [-0.2, 0) is 9.53 Å². The molecule has 4 nitrogen and oxygen atoms in total. The fourth-order valence-corrected chi connectivity index (χ4v) is 1.27. The summed E-state index contributed by atoms with van der Waals surface area (Å²) in [6, 6.07) is 9.24. The molecular formula is C12H17NO3. The van der Waals surface area contributed by atoms with Gasteiger partial charge in [-0.15, -0.1) is 0 Å². The van der Waals surface area contributed by atoms with Gasteiger partial charge in [-0.3, -0.25) is 4.79 Å². The molecule has 0 saturated heterocycles. The molecular weight excluding hydrogens is 206 g/mol. The summed E-state index contributed by atoms with van der Waals surface area (Å²) in [7, 11) is 1.60. The second kappa shape index (κ2) is 6.85. The first-order valence-corrected chi connectivity index (χ1v) is 5.18. The van der Waals surface area contributed by atoms with E-state index in [0.717, 1.165) is 0 Å². The number of rotatable bonds is 6. The molecule has 0 aromatic heterocycles. The topological polar surface area (TPSA) is 47.6 Å². The number of carbonyl (C=O) groups is 1. The summed E-state index contributed by atoms with van der Waals surface area (Å²) in [5.41, 5.74) is 0. The van der Waals surface area contributed by atoms with Gasteiger partial charge < -0.3 is 14.8 Å². The summed E-state index contributed by atoms with van der Waals surface area (Å²) in [5, 5.41) is 2.76. The lowest BCUT2D eigenvalue weighted by atomic mass is 10.3. The summed E-state index contributed by atoms with van der Waals surface area (Å²) in [6.07, 6.45) is 0. The number of para-hydroxylation sites is 1. The monoisotopic (exact) mass is 223 g/mol. The van der Waals surface area contributed by atoms with Crippen molar-refractivity contribution < 1.29 is 14.3 Å². The normalized spacial score (nSPS) is 11.9. The van der Waals surface area contributed by atoms with E-state index in [1.54, 1.807) is 7.11 Å². The van der Waals surface area contributed by atoms with Crippen molar-refractivity contribution >= 4 is 5.91 Å². The molecule has 1 aromatic rings. The molecule has 0 radical (unpaired) electrons.